The van der Waals surface area contributed by atoms with E-state index >= 15 is 0 Å². The van der Waals surface area contributed by atoms with Gasteiger partial charge in [0.1, 0.15) is 5.82 Å². The zero-order valence-corrected chi connectivity index (χ0v) is 13.1. The highest BCUT2D eigenvalue weighted by Crippen LogP contribution is 2.48. The molecule has 0 fully saturated rings. The van der Waals surface area contributed by atoms with Crippen LogP contribution in [0, 0.1) is 5.82 Å². The molecule has 1 aliphatic carbocycles. The largest absolute Gasteiger partial charge is 0.361 e. The third kappa shape index (κ3) is 2.30. The van der Waals surface area contributed by atoms with Crippen molar-refractivity contribution in [2.75, 3.05) is 5.75 Å². The van der Waals surface area contributed by atoms with E-state index < -0.39 is 0 Å². The van der Waals surface area contributed by atoms with Crippen molar-refractivity contribution < 1.29 is 9.18 Å². The van der Waals surface area contributed by atoms with Crippen molar-refractivity contribution in [1.82, 2.24) is 5.32 Å². The van der Waals surface area contributed by atoms with Crippen LogP contribution >= 0.6 is 11.8 Å². The molecule has 0 saturated carbocycles. The first kappa shape index (κ1) is 14.1. The Morgan fingerprint density at radius 3 is 2.86 bits per heavy atom. The van der Waals surface area contributed by atoms with Gasteiger partial charge in [0.2, 0.25) is 0 Å². The minimum atomic E-state index is -0.232. The molecule has 0 amide bonds. The smallest absolute Gasteiger partial charge is 0.161 e. The van der Waals surface area contributed by atoms with Gasteiger partial charge in [0.05, 0.1) is 0 Å². The number of dihydropyridines is 1. The van der Waals surface area contributed by atoms with E-state index in [1.165, 1.54) is 16.7 Å². The third-order valence-corrected chi connectivity index (χ3v) is 5.90. The lowest BCUT2D eigenvalue weighted by Gasteiger charge is -2.37. The van der Waals surface area contributed by atoms with Gasteiger partial charge in [0.25, 0.3) is 0 Å². The number of halogens is 1. The van der Waals surface area contributed by atoms with Crippen LogP contribution < -0.4 is 5.32 Å². The standard InChI is InChI=1S/C18H18FNOS/c19-12-5-1-4-11(10-12)16-17-13(6-2-8-15(17)21)20-14-7-3-9-22-18(14)16/h1,4-5,10,16,20H,2-3,6-9H2. The maximum atomic E-state index is 13.7. The van der Waals surface area contributed by atoms with Crippen LogP contribution in [0.2, 0.25) is 0 Å². The lowest BCUT2D eigenvalue weighted by atomic mass is 9.79. The molecule has 3 aliphatic rings. The summed E-state index contributed by atoms with van der Waals surface area (Å²) >= 11 is 1.82. The zero-order chi connectivity index (χ0) is 15.1. The first-order chi connectivity index (χ1) is 10.7. The molecule has 1 aromatic rings. The van der Waals surface area contributed by atoms with E-state index in [0.717, 1.165) is 48.3 Å². The van der Waals surface area contributed by atoms with Gasteiger partial charge in [-0.15, -0.1) is 11.8 Å². The number of carbonyl (C=O) groups is 1. The van der Waals surface area contributed by atoms with E-state index in [9.17, 15) is 9.18 Å². The van der Waals surface area contributed by atoms with Crippen LogP contribution in [0.5, 0.6) is 0 Å². The summed E-state index contributed by atoms with van der Waals surface area (Å²) in [6.07, 6.45) is 4.63. The molecule has 1 atom stereocenters. The molecule has 0 radical (unpaired) electrons. The van der Waals surface area contributed by atoms with Crippen LogP contribution in [0.15, 0.2) is 46.1 Å². The number of Topliss-reactive ketones (excluding diaryl/α,β-unsaturated/α-hetero) is 1. The number of carbonyl (C=O) groups excluding carboxylic acids is 1. The SMILES string of the molecule is O=C1CCCC2=C1C(c1cccc(F)c1)C1=C(CCCS1)N2. The molecular weight excluding hydrogens is 297 g/mol. The number of ketones is 1. The summed E-state index contributed by atoms with van der Waals surface area (Å²) in [5.74, 6) is 0.994. The maximum Gasteiger partial charge on any atom is 0.161 e. The van der Waals surface area contributed by atoms with Gasteiger partial charge >= 0.3 is 0 Å². The molecule has 2 aliphatic heterocycles. The maximum absolute atomic E-state index is 13.7. The van der Waals surface area contributed by atoms with Gasteiger partial charge in [-0.2, -0.15) is 0 Å². The molecule has 22 heavy (non-hydrogen) atoms. The van der Waals surface area contributed by atoms with Crippen LogP contribution in [0.1, 0.15) is 43.6 Å². The van der Waals surface area contributed by atoms with Gasteiger partial charge in [-0.25, -0.2) is 4.39 Å². The topological polar surface area (TPSA) is 29.1 Å². The molecule has 0 saturated heterocycles. The molecule has 1 aromatic carbocycles. The van der Waals surface area contributed by atoms with Crippen LogP contribution in [0.4, 0.5) is 4.39 Å². The number of hydrogen-bond acceptors (Lipinski definition) is 3. The highest BCUT2D eigenvalue weighted by Gasteiger charge is 2.37. The van der Waals surface area contributed by atoms with Crippen LogP contribution in [-0.2, 0) is 4.79 Å². The van der Waals surface area contributed by atoms with E-state index in [2.05, 4.69) is 5.32 Å². The van der Waals surface area contributed by atoms with Crippen LogP contribution in [-0.4, -0.2) is 11.5 Å². The fraction of sp³-hybridized carbons (Fsp3) is 0.389. The predicted octanol–water partition coefficient (Wildman–Crippen LogP) is 4.26. The Kier molecular flexibility index (Phi) is 3.57. The second-order valence-electron chi connectivity index (χ2n) is 6.08. The Balaban J connectivity index is 1.88. The van der Waals surface area contributed by atoms with Gasteiger partial charge in [-0.05, 0) is 49.1 Å². The van der Waals surface area contributed by atoms with Crippen molar-refractivity contribution >= 4 is 17.5 Å². The third-order valence-electron chi connectivity index (χ3n) is 4.62. The molecule has 1 N–H and O–H groups in total. The van der Waals surface area contributed by atoms with Crippen molar-refractivity contribution in [3.63, 3.8) is 0 Å². The van der Waals surface area contributed by atoms with Crippen LogP contribution in [0.3, 0.4) is 0 Å². The molecule has 0 aromatic heterocycles. The minimum absolute atomic E-state index is 0.0694. The highest BCUT2D eigenvalue weighted by molar-refractivity contribution is 8.03. The summed E-state index contributed by atoms with van der Waals surface area (Å²) in [5, 5.41) is 3.53. The molecule has 4 heteroatoms. The van der Waals surface area contributed by atoms with Crippen molar-refractivity contribution in [3.05, 3.63) is 57.5 Å². The van der Waals surface area contributed by atoms with Crippen molar-refractivity contribution in [1.29, 1.82) is 0 Å². The summed E-state index contributed by atoms with van der Waals surface area (Å²) in [6.45, 7) is 0. The average Bonchev–Trinajstić information content (AvgIpc) is 2.53. The quantitative estimate of drug-likeness (QED) is 0.839. The monoisotopic (exact) mass is 315 g/mol. The van der Waals surface area contributed by atoms with Gasteiger partial charge in [0.15, 0.2) is 5.78 Å². The molecule has 0 spiro atoms. The molecule has 114 valence electrons. The molecule has 0 bridgehead atoms. The Bertz CT molecular complexity index is 707. The lowest BCUT2D eigenvalue weighted by Crippen LogP contribution is -2.32. The number of allylic oxidation sites excluding steroid dienone is 4. The number of rotatable bonds is 1. The summed E-state index contributed by atoms with van der Waals surface area (Å²) in [4.78, 5) is 13.8. The van der Waals surface area contributed by atoms with Crippen LogP contribution in [0.25, 0.3) is 0 Å². The predicted molar refractivity (Wildman–Crippen MR) is 86.9 cm³/mol. The van der Waals surface area contributed by atoms with Crippen molar-refractivity contribution in [2.24, 2.45) is 0 Å². The van der Waals surface area contributed by atoms with Gasteiger partial charge < -0.3 is 5.32 Å². The lowest BCUT2D eigenvalue weighted by molar-refractivity contribution is -0.116. The van der Waals surface area contributed by atoms with Gasteiger partial charge in [-0.1, -0.05) is 12.1 Å². The summed E-state index contributed by atoms with van der Waals surface area (Å²) in [5.41, 5.74) is 4.11. The summed E-state index contributed by atoms with van der Waals surface area (Å²) in [7, 11) is 0. The fourth-order valence-corrected chi connectivity index (χ4v) is 4.93. The molecule has 2 nitrogen and oxygen atoms in total. The fourth-order valence-electron chi connectivity index (χ4n) is 3.67. The van der Waals surface area contributed by atoms with Crippen molar-refractivity contribution in [2.45, 2.75) is 38.0 Å². The average molecular weight is 315 g/mol. The van der Waals surface area contributed by atoms with E-state index in [0.29, 0.717) is 6.42 Å². The van der Waals surface area contributed by atoms with E-state index in [1.54, 1.807) is 12.1 Å². The molecule has 4 rings (SSSR count). The highest BCUT2D eigenvalue weighted by atomic mass is 32.2. The van der Waals surface area contributed by atoms with Gasteiger partial charge in [0, 0.05) is 34.2 Å². The molecule has 1 unspecified atom stereocenters. The minimum Gasteiger partial charge on any atom is -0.361 e. The Morgan fingerprint density at radius 2 is 2.00 bits per heavy atom. The number of thioether (sulfide) groups is 1. The zero-order valence-electron chi connectivity index (χ0n) is 12.3. The molecule has 2 heterocycles. The first-order valence-corrected chi connectivity index (χ1v) is 8.87. The second-order valence-corrected chi connectivity index (χ2v) is 7.21. The Labute approximate surface area is 133 Å². The van der Waals surface area contributed by atoms with E-state index in [4.69, 9.17) is 0 Å². The van der Waals surface area contributed by atoms with Crippen molar-refractivity contribution in [3.8, 4) is 0 Å². The normalized spacial score (nSPS) is 24.8. The van der Waals surface area contributed by atoms with Gasteiger partial charge in [-0.3, -0.25) is 4.79 Å². The summed E-state index contributed by atoms with van der Waals surface area (Å²) < 4.78 is 13.7. The van der Waals surface area contributed by atoms with E-state index in [1.807, 2.05) is 17.8 Å². The molecular formula is C18H18FNOS. The first-order valence-electron chi connectivity index (χ1n) is 7.88. The second kappa shape index (κ2) is 5.58. The summed E-state index contributed by atoms with van der Waals surface area (Å²) in [6, 6.07) is 6.74. The number of nitrogens with one attached hydrogen (secondary N) is 1. The Hall–Kier alpha value is -1.55. The Morgan fingerprint density at radius 1 is 1.14 bits per heavy atom. The van der Waals surface area contributed by atoms with E-state index in [-0.39, 0.29) is 17.5 Å². The number of hydrogen-bond donors (Lipinski definition) is 1. The number of benzene rings is 1.